The summed E-state index contributed by atoms with van der Waals surface area (Å²) < 4.78 is 0. The zero-order valence-electron chi connectivity index (χ0n) is 16.7. The van der Waals surface area contributed by atoms with Crippen molar-refractivity contribution in [2.75, 3.05) is 26.2 Å². The first kappa shape index (κ1) is 24.2. The van der Waals surface area contributed by atoms with Crippen molar-refractivity contribution >= 4 is 36.2 Å². The fraction of sp³-hybridized carbons (Fsp3) is 0.778. The number of nitrogens with zero attached hydrogens (tertiary/aromatic N) is 2. The predicted molar refractivity (Wildman–Crippen MR) is 107 cm³/mol. The molecule has 160 valence electrons. The second-order valence-electron chi connectivity index (χ2n) is 7.19. The average molecular weight is 418 g/mol. The predicted octanol–water partition coefficient (Wildman–Crippen LogP) is 0.365. The summed E-state index contributed by atoms with van der Waals surface area (Å²) in [4.78, 5) is 52.2. The number of likely N-dealkylation sites (tertiary alicyclic amines) is 1. The van der Waals surface area contributed by atoms with E-state index in [9.17, 15) is 19.2 Å². The highest BCUT2D eigenvalue weighted by molar-refractivity contribution is 6.09. The Hall–Kier alpha value is -1.87. The van der Waals surface area contributed by atoms with Gasteiger partial charge in [0, 0.05) is 32.1 Å². The van der Waals surface area contributed by atoms with Crippen LogP contribution in [0, 0.1) is 0 Å². The minimum atomic E-state index is -0.908. The Morgan fingerprint density at radius 1 is 1.25 bits per heavy atom. The zero-order valence-corrected chi connectivity index (χ0v) is 17.5. The number of halogens is 1. The van der Waals surface area contributed by atoms with Crippen LogP contribution in [-0.2, 0) is 14.4 Å². The molecule has 9 nitrogen and oxygen atoms in total. The van der Waals surface area contributed by atoms with Gasteiger partial charge in [0.05, 0.1) is 0 Å². The van der Waals surface area contributed by atoms with Gasteiger partial charge >= 0.3 is 6.03 Å². The molecule has 0 aromatic rings. The number of amides is 5. The van der Waals surface area contributed by atoms with Crippen molar-refractivity contribution in [3.05, 3.63) is 0 Å². The lowest BCUT2D eigenvalue weighted by Crippen LogP contribution is -2.53. The lowest BCUT2D eigenvalue weighted by atomic mass is 9.93. The van der Waals surface area contributed by atoms with Gasteiger partial charge in [-0.2, -0.15) is 0 Å². The maximum absolute atomic E-state index is 12.8. The Balaban J connectivity index is 0.00000392. The van der Waals surface area contributed by atoms with Gasteiger partial charge in [0.1, 0.15) is 12.1 Å². The molecule has 0 aliphatic carbocycles. The number of piperidine rings is 1. The molecule has 2 aliphatic rings. The minimum absolute atomic E-state index is 0. The monoisotopic (exact) mass is 417 g/mol. The highest BCUT2D eigenvalue weighted by atomic mass is 35.5. The van der Waals surface area contributed by atoms with Gasteiger partial charge in [-0.15, -0.1) is 12.4 Å². The summed E-state index contributed by atoms with van der Waals surface area (Å²) in [6, 6.07) is -0.641. The Bertz CT molecular complexity index is 597. The van der Waals surface area contributed by atoms with E-state index in [-0.39, 0.29) is 55.7 Å². The lowest BCUT2D eigenvalue weighted by molar-refractivity contribution is -0.141. The topological polar surface area (TPSA) is 125 Å². The van der Waals surface area contributed by atoms with Gasteiger partial charge in [0.15, 0.2) is 0 Å². The molecule has 0 aromatic heterocycles. The highest BCUT2D eigenvalue weighted by Gasteiger charge is 2.49. The van der Waals surface area contributed by atoms with E-state index in [1.54, 1.807) is 4.90 Å². The number of nitrogens with two attached hydrogens (primary N) is 1. The van der Waals surface area contributed by atoms with Crippen molar-refractivity contribution < 1.29 is 19.2 Å². The Labute approximate surface area is 172 Å². The van der Waals surface area contributed by atoms with Crippen LogP contribution in [0.25, 0.3) is 0 Å². The van der Waals surface area contributed by atoms with Crippen LogP contribution in [0.2, 0.25) is 0 Å². The van der Waals surface area contributed by atoms with Crippen LogP contribution < -0.4 is 16.4 Å². The third-order valence-electron chi connectivity index (χ3n) is 5.60. The average Bonchev–Trinajstić information content (AvgIpc) is 2.91. The van der Waals surface area contributed by atoms with E-state index < -0.39 is 11.6 Å². The molecule has 2 fully saturated rings. The normalized spacial score (nSPS) is 21.2. The van der Waals surface area contributed by atoms with Gasteiger partial charge in [0.2, 0.25) is 11.8 Å². The van der Waals surface area contributed by atoms with Gasteiger partial charge in [-0.1, -0.05) is 13.8 Å². The van der Waals surface area contributed by atoms with E-state index in [0.29, 0.717) is 25.9 Å². The van der Waals surface area contributed by atoms with Crippen molar-refractivity contribution in [3.8, 4) is 0 Å². The third-order valence-corrected chi connectivity index (χ3v) is 5.60. The molecule has 28 heavy (non-hydrogen) atoms. The fourth-order valence-electron chi connectivity index (χ4n) is 3.77. The van der Waals surface area contributed by atoms with E-state index in [1.807, 2.05) is 13.8 Å². The van der Waals surface area contributed by atoms with E-state index >= 15 is 0 Å². The van der Waals surface area contributed by atoms with Crippen LogP contribution in [0.4, 0.5) is 4.79 Å². The molecule has 0 spiro atoms. The number of nitrogens with one attached hydrogen (secondary N) is 2. The molecule has 1 atom stereocenters. The lowest BCUT2D eigenvalue weighted by Gasteiger charge is -2.36. The van der Waals surface area contributed by atoms with Crippen molar-refractivity contribution in [3.63, 3.8) is 0 Å². The molecule has 0 aromatic carbocycles. The molecule has 0 bridgehead atoms. The molecule has 2 rings (SSSR count). The molecule has 0 radical (unpaired) electrons. The summed E-state index contributed by atoms with van der Waals surface area (Å²) in [5.41, 5.74) is 4.47. The van der Waals surface area contributed by atoms with E-state index in [1.165, 1.54) is 0 Å². The minimum Gasteiger partial charge on any atom is -0.354 e. The van der Waals surface area contributed by atoms with Gasteiger partial charge in [-0.05, 0) is 32.1 Å². The summed E-state index contributed by atoms with van der Waals surface area (Å²) in [6.45, 7) is 4.63. The van der Waals surface area contributed by atoms with Gasteiger partial charge in [0.25, 0.3) is 5.91 Å². The Morgan fingerprint density at radius 2 is 1.93 bits per heavy atom. The molecule has 10 heteroatoms. The summed E-state index contributed by atoms with van der Waals surface area (Å²) in [7, 11) is 0. The van der Waals surface area contributed by atoms with E-state index in [2.05, 4.69) is 10.6 Å². The van der Waals surface area contributed by atoms with E-state index in [4.69, 9.17) is 5.73 Å². The standard InChI is InChI=1S/C18H31N5O4.ClH/c1-3-18(4-2)16(26)23(17(27)21-18)12-15(25)22-10-6-5-7-13(22)11-20-14(24)8-9-19;/h13H,3-12,19H2,1-2H3,(H,20,24)(H,21,27);1H. The number of hydrogen-bond donors (Lipinski definition) is 3. The Kier molecular flexibility index (Phi) is 9.16. The van der Waals surface area contributed by atoms with Crippen LogP contribution in [0.3, 0.4) is 0 Å². The number of carbonyl (C=O) groups excluding carboxylic acids is 4. The molecule has 2 heterocycles. The second-order valence-corrected chi connectivity index (χ2v) is 7.19. The maximum atomic E-state index is 12.8. The SMILES string of the molecule is CCC1(CC)NC(=O)N(CC(=O)N2CCCCC2CNC(=O)CCN)C1=O.Cl. The van der Waals surface area contributed by atoms with Crippen molar-refractivity contribution in [2.45, 2.75) is 64.0 Å². The largest absolute Gasteiger partial charge is 0.354 e. The number of rotatable bonds is 8. The zero-order chi connectivity index (χ0) is 20.0. The Morgan fingerprint density at radius 3 is 2.50 bits per heavy atom. The fourth-order valence-corrected chi connectivity index (χ4v) is 3.77. The van der Waals surface area contributed by atoms with Gasteiger partial charge in [-0.25, -0.2) is 4.79 Å². The molecule has 4 N–H and O–H groups in total. The number of urea groups is 1. The van der Waals surface area contributed by atoms with Crippen LogP contribution in [0.1, 0.15) is 52.4 Å². The highest BCUT2D eigenvalue weighted by Crippen LogP contribution is 2.25. The number of carbonyl (C=O) groups is 4. The summed E-state index contributed by atoms with van der Waals surface area (Å²) in [5.74, 6) is -0.741. The summed E-state index contributed by atoms with van der Waals surface area (Å²) in [6.07, 6.45) is 3.84. The molecule has 1 unspecified atom stereocenters. The first-order valence-corrected chi connectivity index (χ1v) is 9.78. The first-order valence-electron chi connectivity index (χ1n) is 9.78. The molecular weight excluding hydrogens is 386 g/mol. The van der Waals surface area contributed by atoms with Gasteiger partial charge < -0.3 is 21.3 Å². The summed E-state index contributed by atoms with van der Waals surface area (Å²) in [5, 5.41) is 5.55. The van der Waals surface area contributed by atoms with E-state index in [0.717, 1.165) is 24.2 Å². The van der Waals surface area contributed by atoms with Crippen molar-refractivity contribution in [2.24, 2.45) is 5.73 Å². The van der Waals surface area contributed by atoms with Crippen LogP contribution in [-0.4, -0.2) is 71.3 Å². The van der Waals surface area contributed by atoms with Crippen LogP contribution >= 0.6 is 12.4 Å². The molecule has 0 saturated carbocycles. The maximum Gasteiger partial charge on any atom is 0.325 e. The number of imide groups is 1. The second kappa shape index (κ2) is 10.6. The molecule has 2 saturated heterocycles. The van der Waals surface area contributed by atoms with Crippen LogP contribution in [0.15, 0.2) is 0 Å². The molecular formula is C18H32ClN5O4. The van der Waals surface area contributed by atoms with Crippen LogP contribution in [0.5, 0.6) is 0 Å². The van der Waals surface area contributed by atoms with Crippen molar-refractivity contribution in [1.82, 2.24) is 20.4 Å². The number of hydrogen-bond acceptors (Lipinski definition) is 5. The molecule has 5 amide bonds. The first-order chi connectivity index (χ1) is 12.9. The van der Waals surface area contributed by atoms with Crippen molar-refractivity contribution in [1.29, 1.82) is 0 Å². The quantitative estimate of drug-likeness (QED) is 0.492. The third kappa shape index (κ3) is 5.14. The van der Waals surface area contributed by atoms with Gasteiger partial charge in [-0.3, -0.25) is 19.3 Å². The smallest absolute Gasteiger partial charge is 0.325 e. The summed E-state index contributed by atoms with van der Waals surface area (Å²) >= 11 is 0. The molecule has 2 aliphatic heterocycles.